The highest BCUT2D eigenvalue weighted by Crippen LogP contribution is 2.44. The maximum atomic E-state index is 14.1. The SMILES string of the molecule is CC(CCC(=O)OCc1ccccc1)NC(=O)CCC(NC(=O)COCCOCCNC(=O)CCC(NC(=O)OCC1c2ccccc2-c2ccccc21)C(=O)NCCOCCOCCNC(=O)OC(C)(C)C)C(=O)NC(CCC(=O)OCc1ccccc1)C(=O)OCc1ccccc1. The number of fused-ring (bicyclic) bond motifs is 3. The first-order valence-corrected chi connectivity index (χ1v) is 33.2. The van der Waals surface area contributed by atoms with Gasteiger partial charge in [0.1, 0.15) is 56.8 Å². The van der Waals surface area contributed by atoms with Crippen LogP contribution < -0.4 is 37.2 Å². The molecule has 26 nitrogen and oxygen atoms in total. The summed E-state index contributed by atoms with van der Waals surface area (Å²) >= 11 is 0. The Morgan fingerprint density at radius 3 is 1.40 bits per heavy atom. The Bertz CT molecular complexity index is 3310. The van der Waals surface area contributed by atoms with Crippen LogP contribution in [0.15, 0.2) is 140 Å². The molecule has 534 valence electrons. The normalized spacial score (nSPS) is 12.7. The summed E-state index contributed by atoms with van der Waals surface area (Å²) in [5, 5.41) is 18.7. The van der Waals surface area contributed by atoms with Crippen molar-refractivity contribution in [3.05, 3.63) is 167 Å². The molecule has 6 rings (SSSR count). The molecule has 1 aliphatic rings. The van der Waals surface area contributed by atoms with Gasteiger partial charge < -0.3 is 79.8 Å². The molecule has 5 aromatic carbocycles. The average molecular weight is 1370 g/mol. The molecular formula is C73H93N7O19. The average Bonchev–Trinajstić information content (AvgIpc) is 1.62. The Hall–Kier alpha value is -9.76. The van der Waals surface area contributed by atoms with Gasteiger partial charge >= 0.3 is 30.1 Å². The van der Waals surface area contributed by atoms with E-state index in [1.54, 1.807) is 82.3 Å². The Labute approximate surface area is 577 Å². The summed E-state index contributed by atoms with van der Waals surface area (Å²) < 4.78 is 49.5. The van der Waals surface area contributed by atoms with Crippen LogP contribution in [-0.2, 0) is 101 Å². The highest BCUT2D eigenvalue weighted by atomic mass is 16.6. The number of nitrogens with one attached hydrogen (secondary N) is 7. The lowest BCUT2D eigenvalue weighted by molar-refractivity contribution is -0.151. The van der Waals surface area contributed by atoms with Crippen molar-refractivity contribution in [2.45, 2.75) is 135 Å². The molecule has 0 spiro atoms. The van der Waals surface area contributed by atoms with Gasteiger partial charge in [-0.15, -0.1) is 0 Å². The van der Waals surface area contributed by atoms with Crippen molar-refractivity contribution in [3.8, 4) is 11.1 Å². The van der Waals surface area contributed by atoms with E-state index in [1.807, 2.05) is 84.9 Å². The van der Waals surface area contributed by atoms with E-state index in [2.05, 4.69) is 37.2 Å². The zero-order chi connectivity index (χ0) is 71.0. The van der Waals surface area contributed by atoms with Crippen molar-refractivity contribution >= 4 is 59.6 Å². The molecule has 0 saturated heterocycles. The minimum atomic E-state index is -1.40. The summed E-state index contributed by atoms with van der Waals surface area (Å²) in [6, 6.07) is 38.3. The Balaban J connectivity index is 0.956. The van der Waals surface area contributed by atoms with Crippen LogP contribution in [0, 0.1) is 0 Å². The van der Waals surface area contributed by atoms with Crippen molar-refractivity contribution in [1.29, 1.82) is 0 Å². The fourth-order valence-corrected chi connectivity index (χ4v) is 10.1. The molecule has 0 fully saturated rings. The predicted molar refractivity (Wildman–Crippen MR) is 363 cm³/mol. The standard InChI is InChI=1S/C73H93N7O19/c1-51(28-34-66(84)95-46-52-18-8-5-9-19-52)77-64(82)33-30-61(69(87)79-62(70(88)97-48-54-22-12-7-13-23-54)31-35-67(85)96-47-53-20-10-6-11-21-53)78-65(83)50-94-45-44-91-39-36-74-63(81)32-29-60(68(86)75-37-40-92-42-43-93-41-38-76-71(89)99-73(2,3)4)80-72(90)98-49-59-57-26-16-14-24-55(57)56-25-15-17-27-58(56)59/h5-27,51,59-62H,28-50H2,1-4H3,(H,74,81)(H,75,86)(H,76,89)(H,77,82)(H,78,83)(H,79,87)(H,80,90). The molecule has 26 heteroatoms. The van der Waals surface area contributed by atoms with E-state index in [1.165, 1.54) is 0 Å². The van der Waals surface area contributed by atoms with Crippen LogP contribution in [0.5, 0.6) is 0 Å². The number of ether oxygens (including phenoxy) is 9. The summed E-state index contributed by atoms with van der Waals surface area (Å²) in [5.74, 6) is -5.30. The van der Waals surface area contributed by atoms with Crippen molar-refractivity contribution in [2.24, 2.45) is 0 Å². The fourth-order valence-electron chi connectivity index (χ4n) is 10.1. The van der Waals surface area contributed by atoms with E-state index in [-0.39, 0.29) is 150 Å². The van der Waals surface area contributed by atoms with Crippen LogP contribution in [0.1, 0.15) is 113 Å². The number of amides is 7. The second-order valence-corrected chi connectivity index (χ2v) is 24.2. The molecule has 4 atom stereocenters. The first-order valence-electron chi connectivity index (χ1n) is 33.2. The lowest BCUT2D eigenvalue weighted by Crippen LogP contribution is -2.53. The van der Waals surface area contributed by atoms with E-state index in [0.717, 1.165) is 33.4 Å². The molecule has 99 heavy (non-hydrogen) atoms. The third kappa shape index (κ3) is 31.1. The van der Waals surface area contributed by atoms with Gasteiger partial charge in [-0.3, -0.25) is 33.6 Å². The van der Waals surface area contributed by atoms with Crippen LogP contribution in [-0.4, -0.2) is 168 Å². The van der Waals surface area contributed by atoms with Gasteiger partial charge in [-0.2, -0.15) is 0 Å². The Morgan fingerprint density at radius 1 is 0.404 bits per heavy atom. The Morgan fingerprint density at radius 2 is 0.859 bits per heavy atom. The molecule has 0 heterocycles. The number of rotatable bonds is 44. The molecule has 5 aromatic rings. The predicted octanol–water partition coefficient (Wildman–Crippen LogP) is 6.54. The zero-order valence-corrected chi connectivity index (χ0v) is 56.7. The second-order valence-electron chi connectivity index (χ2n) is 24.2. The van der Waals surface area contributed by atoms with Crippen molar-refractivity contribution < 1.29 is 90.6 Å². The molecular weight excluding hydrogens is 1280 g/mol. The molecule has 4 unspecified atom stereocenters. The summed E-state index contributed by atoms with van der Waals surface area (Å²) in [6.07, 6.45) is -2.42. The van der Waals surface area contributed by atoms with Crippen LogP contribution in [0.4, 0.5) is 9.59 Å². The minimum absolute atomic E-state index is 0.00182. The largest absolute Gasteiger partial charge is 0.461 e. The minimum Gasteiger partial charge on any atom is -0.461 e. The molecule has 0 bridgehead atoms. The number of carbonyl (C=O) groups is 10. The van der Waals surface area contributed by atoms with Crippen LogP contribution in [0.2, 0.25) is 0 Å². The lowest BCUT2D eigenvalue weighted by Gasteiger charge is -2.23. The van der Waals surface area contributed by atoms with Crippen LogP contribution in [0.3, 0.4) is 0 Å². The highest BCUT2D eigenvalue weighted by Gasteiger charge is 2.32. The number of esters is 3. The molecule has 0 radical (unpaired) electrons. The van der Waals surface area contributed by atoms with Crippen LogP contribution in [0.25, 0.3) is 11.1 Å². The number of hydrogen-bond acceptors (Lipinski definition) is 19. The molecule has 7 amide bonds. The third-order valence-corrected chi connectivity index (χ3v) is 15.1. The first-order chi connectivity index (χ1) is 47.8. The smallest absolute Gasteiger partial charge is 0.407 e. The number of benzene rings is 5. The fraction of sp³-hybridized carbons (Fsp3) is 0.452. The van der Waals surface area contributed by atoms with E-state index in [0.29, 0.717) is 5.56 Å². The summed E-state index contributed by atoms with van der Waals surface area (Å²) in [4.78, 5) is 132. The summed E-state index contributed by atoms with van der Waals surface area (Å²) in [6.45, 7) is 7.43. The quantitative estimate of drug-likeness (QED) is 0.0124. The van der Waals surface area contributed by atoms with Gasteiger partial charge in [-0.05, 0) is 92.3 Å². The monoisotopic (exact) mass is 1370 g/mol. The van der Waals surface area contributed by atoms with Crippen molar-refractivity contribution in [2.75, 3.05) is 79.1 Å². The summed E-state index contributed by atoms with van der Waals surface area (Å²) in [7, 11) is 0. The van der Waals surface area contributed by atoms with Crippen molar-refractivity contribution in [3.63, 3.8) is 0 Å². The molecule has 0 aliphatic heterocycles. The van der Waals surface area contributed by atoms with Gasteiger partial charge in [-0.1, -0.05) is 140 Å². The Kier molecular flexibility index (Phi) is 34.4. The topological polar surface area (TPSA) is 338 Å². The van der Waals surface area contributed by atoms with E-state index in [9.17, 15) is 47.9 Å². The highest BCUT2D eigenvalue weighted by molar-refractivity contribution is 5.92. The first kappa shape index (κ1) is 78.2. The van der Waals surface area contributed by atoms with E-state index in [4.69, 9.17) is 42.6 Å². The second kappa shape index (κ2) is 43.5. The maximum Gasteiger partial charge on any atom is 0.407 e. The van der Waals surface area contributed by atoms with Gasteiger partial charge in [0.25, 0.3) is 0 Å². The molecule has 0 saturated carbocycles. The van der Waals surface area contributed by atoms with Gasteiger partial charge in [-0.25, -0.2) is 14.4 Å². The lowest BCUT2D eigenvalue weighted by atomic mass is 9.98. The van der Waals surface area contributed by atoms with E-state index >= 15 is 0 Å². The van der Waals surface area contributed by atoms with Gasteiger partial charge in [0.2, 0.25) is 29.5 Å². The number of hydrogen-bond donors (Lipinski definition) is 7. The zero-order valence-electron chi connectivity index (χ0n) is 56.7. The molecule has 0 aromatic heterocycles. The number of alkyl carbamates (subject to hydrolysis) is 2. The number of carbonyl (C=O) groups excluding carboxylic acids is 10. The van der Waals surface area contributed by atoms with E-state index < -0.39 is 96.0 Å². The maximum absolute atomic E-state index is 14.1. The van der Waals surface area contributed by atoms with Gasteiger partial charge in [0.15, 0.2) is 0 Å². The van der Waals surface area contributed by atoms with Gasteiger partial charge in [0.05, 0.1) is 46.2 Å². The van der Waals surface area contributed by atoms with Crippen molar-refractivity contribution in [1.82, 2.24) is 37.2 Å². The molecule has 1 aliphatic carbocycles. The third-order valence-electron chi connectivity index (χ3n) is 15.1. The van der Waals surface area contributed by atoms with Crippen LogP contribution >= 0.6 is 0 Å². The summed E-state index contributed by atoms with van der Waals surface area (Å²) in [5.41, 5.74) is 5.71. The molecule has 7 N–H and O–H groups in total. The van der Waals surface area contributed by atoms with Gasteiger partial charge in [0, 0.05) is 57.3 Å².